The maximum absolute atomic E-state index is 11.4. The van der Waals surface area contributed by atoms with Crippen molar-refractivity contribution in [2.24, 2.45) is 0 Å². The Hall–Kier alpha value is -1.64. The second kappa shape index (κ2) is 3.74. The van der Waals surface area contributed by atoms with E-state index in [2.05, 4.69) is 31.0 Å². The average Bonchev–Trinajstić information content (AvgIpc) is 2.60. The summed E-state index contributed by atoms with van der Waals surface area (Å²) in [4.78, 5) is 15.7. The summed E-state index contributed by atoms with van der Waals surface area (Å²) in [7, 11) is 0. The number of nitrogens with zero attached hydrogens (tertiary/aromatic N) is 2. The van der Waals surface area contributed by atoms with Gasteiger partial charge in [-0.25, -0.2) is 4.98 Å². The van der Waals surface area contributed by atoms with Crippen LogP contribution in [-0.4, -0.2) is 15.3 Å². The fraction of sp³-hybridized carbons (Fsp3) is 0.385. The van der Waals surface area contributed by atoms with Crippen molar-refractivity contribution in [2.45, 2.75) is 33.7 Å². The lowest BCUT2D eigenvalue weighted by Gasteiger charge is -2.11. The summed E-state index contributed by atoms with van der Waals surface area (Å²) in [5.41, 5.74) is 4.44. The van der Waals surface area contributed by atoms with Gasteiger partial charge in [-0.1, -0.05) is 0 Å². The molecule has 2 rings (SSSR count). The molecule has 0 bridgehead atoms. The van der Waals surface area contributed by atoms with Gasteiger partial charge in [0.25, 0.3) is 0 Å². The fourth-order valence-electron chi connectivity index (χ4n) is 1.79. The Morgan fingerprint density at radius 2 is 1.94 bits per heavy atom. The molecule has 1 aromatic carbocycles. The number of aromatic nitrogens is 2. The predicted octanol–water partition coefficient (Wildman–Crippen LogP) is 2.80. The molecule has 0 radical (unpaired) electrons. The zero-order valence-corrected chi connectivity index (χ0v) is 10.1. The highest BCUT2D eigenvalue weighted by molar-refractivity contribution is 5.84. The van der Waals surface area contributed by atoms with Crippen LogP contribution in [0.3, 0.4) is 0 Å². The molecule has 0 saturated carbocycles. The summed E-state index contributed by atoms with van der Waals surface area (Å²) < 4.78 is 1.93. The molecular formula is C13H16N2O. The van der Waals surface area contributed by atoms with Crippen molar-refractivity contribution in [3.8, 4) is 0 Å². The highest BCUT2D eigenvalue weighted by atomic mass is 16.1. The van der Waals surface area contributed by atoms with Crippen molar-refractivity contribution in [3.63, 3.8) is 0 Å². The molecule has 3 nitrogen and oxygen atoms in total. The molecule has 1 unspecified atom stereocenters. The van der Waals surface area contributed by atoms with Gasteiger partial charge in [0.15, 0.2) is 5.78 Å². The van der Waals surface area contributed by atoms with Crippen LogP contribution in [0.4, 0.5) is 0 Å². The third-order valence-corrected chi connectivity index (χ3v) is 3.20. The second-order valence-electron chi connectivity index (χ2n) is 4.36. The van der Waals surface area contributed by atoms with E-state index in [1.165, 1.54) is 11.1 Å². The third kappa shape index (κ3) is 1.62. The van der Waals surface area contributed by atoms with Crippen LogP contribution < -0.4 is 0 Å². The Morgan fingerprint density at radius 3 is 2.56 bits per heavy atom. The number of hydrogen-bond acceptors (Lipinski definition) is 2. The SMILES string of the molecule is CC(=O)C(C)n1cnc2cc(C)c(C)cc21. The third-order valence-electron chi connectivity index (χ3n) is 3.20. The summed E-state index contributed by atoms with van der Waals surface area (Å²) >= 11 is 0. The number of carbonyl (C=O) groups is 1. The van der Waals surface area contributed by atoms with E-state index >= 15 is 0 Å². The zero-order valence-electron chi connectivity index (χ0n) is 10.1. The number of aryl methyl sites for hydroxylation is 2. The van der Waals surface area contributed by atoms with Gasteiger partial charge in [0.2, 0.25) is 0 Å². The highest BCUT2D eigenvalue weighted by Gasteiger charge is 2.13. The normalized spacial score (nSPS) is 13.0. The van der Waals surface area contributed by atoms with Gasteiger partial charge in [0.1, 0.15) is 0 Å². The van der Waals surface area contributed by atoms with Gasteiger partial charge in [-0.05, 0) is 51.0 Å². The Balaban J connectivity index is 2.65. The number of rotatable bonds is 2. The van der Waals surface area contributed by atoms with Gasteiger partial charge in [0.05, 0.1) is 23.4 Å². The van der Waals surface area contributed by atoms with Crippen molar-refractivity contribution in [2.75, 3.05) is 0 Å². The van der Waals surface area contributed by atoms with Crippen molar-refractivity contribution in [1.29, 1.82) is 0 Å². The Kier molecular flexibility index (Phi) is 2.54. The average molecular weight is 216 g/mol. The quantitative estimate of drug-likeness (QED) is 0.773. The molecule has 0 aliphatic rings. The summed E-state index contributed by atoms with van der Waals surface area (Å²) in [6, 6.07) is 4.01. The minimum absolute atomic E-state index is 0.146. The smallest absolute Gasteiger partial charge is 0.152 e. The van der Waals surface area contributed by atoms with E-state index in [9.17, 15) is 4.79 Å². The minimum atomic E-state index is -0.146. The summed E-state index contributed by atoms with van der Waals surface area (Å²) in [5.74, 6) is 0.150. The number of Topliss-reactive ketones (excluding diaryl/α,β-unsaturated/α-hetero) is 1. The van der Waals surface area contributed by atoms with E-state index in [0.717, 1.165) is 11.0 Å². The highest BCUT2D eigenvalue weighted by Crippen LogP contribution is 2.21. The number of benzene rings is 1. The van der Waals surface area contributed by atoms with Gasteiger partial charge < -0.3 is 4.57 Å². The molecule has 3 heteroatoms. The number of imidazole rings is 1. The number of ketones is 1. The lowest BCUT2D eigenvalue weighted by atomic mass is 10.1. The molecule has 0 fully saturated rings. The first-order valence-electron chi connectivity index (χ1n) is 5.45. The van der Waals surface area contributed by atoms with Gasteiger partial charge in [-0.15, -0.1) is 0 Å². The lowest BCUT2D eigenvalue weighted by molar-refractivity contribution is -0.119. The molecule has 0 aliphatic carbocycles. The van der Waals surface area contributed by atoms with E-state index in [-0.39, 0.29) is 11.8 Å². The van der Waals surface area contributed by atoms with Crippen LogP contribution in [0.5, 0.6) is 0 Å². The number of carbonyl (C=O) groups excluding carboxylic acids is 1. The molecule has 16 heavy (non-hydrogen) atoms. The minimum Gasteiger partial charge on any atom is -0.320 e. The molecule has 0 aliphatic heterocycles. The van der Waals surface area contributed by atoms with Crippen LogP contribution in [-0.2, 0) is 4.79 Å². The van der Waals surface area contributed by atoms with Gasteiger partial charge >= 0.3 is 0 Å². The van der Waals surface area contributed by atoms with Crippen molar-refractivity contribution < 1.29 is 4.79 Å². The molecule has 0 N–H and O–H groups in total. The van der Waals surface area contributed by atoms with Crippen molar-refractivity contribution in [3.05, 3.63) is 29.6 Å². The Labute approximate surface area is 95.1 Å². The Bertz CT molecular complexity index is 554. The summed E-state index contributed by atoms with van der Waals surface area (Å²) in [6.45, 7) is 7.66. The first kappa shape index (κ1) is 10.9. The van der Waals surface area contributed by atoms with E-state index in [1.807, 2.05) is 11.5 Å². The lowest BCUT2D eigenvalue weighted by Crippen LogP contribution is -2.12. The molecule has 2 aromatic rings. The molecular weight excluding hydrogens is 200 g/mol. The van der Waals surface area contributed by atoms with Crippen LogP contribution >= 0.6 is 0 Å². The monoisotopic (exact) mass is 216 g/mol. The largest absolute Gasteiger partial charge is 0.320 e. The topological polar surface area (TPSA) is 34.9 Å². The van der Waals surface area contributed by atoms with Crippen LogP contribution in [0, 0.1) is 13.8 Å². The predicted molar refractivity (Wildman–Crippen MR) is 64.6 cm³/mol. The second-order valence-corrected chi connectivity index (χ2v) is 4.36. The summed E-state index contributed by atoms with van der Waals surface area (Å²) in [6.07, 6.45) is 1.75. The fourth-order valence-corrected chi connectivity index (χ4v) is 1.79. The summed E-state index contributed by atoms with van der Waals surface area (Å²) in [5, 5.41) is 0. The zero-order chi connectivity index (χ0) is 11.9. The molecule has 1 atom stereocenters. The molecule has 84 valence electrons. The van der Waals surface area contributed by atoms with Gasteiger partial charge in [-0.2, -0.15) is 0 Å². The van der Waals surface area contributed by atoms with Crippen LogP contribution in [0.1, 0.15) is 31.0 Å². The number of fused-ring (bicyclic) bond motifs is 1. The van der Waals surface area contributed by atoms with Crippen molar-refractivity contribution >= 4 is 16.8 Å². The van der Waals surface area contributed by atoms with Gasteiger partial charge in [0, 0.05) is 0 Å². The first-order valence-corrected chi connectivity index (χ1v) is 5.45. The van der Waals surface area contributed by atoms with E-state index in [1.54, 1.807) is 13.3 Å². The van der Waals surface area contributed by atoms with Gasteiger partial charge in [-0.3, -0.25) is 4.79 Å². The Morgan fingerprint density at radius 1 is 1.31 bits per heavy atom. The maximum atomic E-state index is 11.4. The van der Waals surface area contributed by atoms with Crippen LogP contribution in [0.2, 0.25) is 0 Å². The molecule has 0 spiro atoms. The molecule has 0 saturated heterocycles. The van der Waals surface area contributed by atoms with E-state index < -0.39 is 0 Å². The van der Waals surface area contributed by atoms with Crippen LogP contribution in [0.25, 0.3) is 11.0 Å². The maximum Gasteiger partial charge on any atom is 0.152 e. The molecule has 1 heterocycles. The van der Waals surface area contributed by atoms with E-state index in [0.29, 0.717) is 0 Å². The first-order chi connectivity index (χ1) is 7.50. The van der Waals surface area contributed by atoms with Crippen LogP contribution in [0.15, 0.2) is 18.5 Å². The number of hydrogen-bond donors (Lipinski definition) is 0. The molecule has 0 amide bonds. The molecule has 1 aromatic heterocycles. The van der Waals surface area contributed by atoms with E-state index in [4.69, 9.17) is 0 Å². The standard InChI is InChI=1S/C13H16N2O/c1-8-5-12-13(6-9(8)2)15(7-14-12)10(3)11(4)16/h5-7,10H,1-4H3. The van der Waals surface area contributed by atoms with Crippen molar-refractivity contribution in [1.82, 2.24) is 9.55 Å².